The van der Waals surface area contributed by atoms with Gasteiger partial charge in [0.1, 0.15) is 5.15 Å². The summed E-state index contributed by atoms with van der Waals surface area (Å²) in [6.07, 6.45) is 4.42. The summed E-state index contributed by atoms with van der Waals surface area (Å²) < 4.78 is 3.70. The maximum Gasteiger partial charge on any atom is 0.132 e. The van der Waals surface area contributed by atoms with Crippen molar-refractivity contribution < 1.29 is 0 Å². The Hall–Kier alpha value is -1.33. The average Bonchev–Trinajstić information content (AvgIpc) is 3.06. The molecule has 1 saturated carbocycles. The second-order valence-corrected chi connectivity index (χ2v) is 5.47. The predicted octanol–water partition coefficient (Wildman–Crippen LogP) is 1.88. The highest BCUT2D eigenvalue weighted by molar-refractivity contribution is 6.30. The predicted molar refractivity (Wildman–Crippen MR) is 74.1 cm³/mol. The summed E-state index contributed by atoms with van der Waals surface area (Å²) in [6.45, 7) is 3.52. The molecule has 1 aliphatic rings. The minimum Gasteiger partial charge on any atom is -0.308 e. The normalized spacial score (nSPS) is 15.1. The summed E-state index contributed by atoms with van der Waals surface area (Å²) in [5.41, 5.74) is 3.19. The molecule has 6 heteroatoms. The van der Waals surface area contributed by atoms with Gasteiger partial charge in [0.15, 0.2) is 0 Å². The molecule has 3 rings (SSSR count). The highest BCUT2D eigenvalue weighted by atomic mass is 35.5. The van der Waals surface area contributed by atoms with Crippen LogP contribution >= 0.6 is 11.6 Å². The topological polar surface area (TPSA) is 47.7 Å². The number of hydrogen-bond donors (Lipinski definition) is 1. The van der Waals surface area contributed by atoms with E-state index in [-0.39, 0.29) is 0 Å². The van der Waals surface area contributed by atoms with Crippen molar-refractivity contribution in [3.63, 3.8) is 0 Å². The SMILES string of the molecule is Cc1nn(C)c(Cl)c1Cn1nccc1CNC1CC1. The van der Waals surface area contributed by atoms with Crippen molar-refractivity contribution >= 4 is 11.6 Å². The van der Waals surface area contributed by atoms with E-state index >= 15 is 0 Å². The third-order valence-corrected chi connectivity index (χ3v) is 4.00. The fourth-order valence-corrected chi connectivity index (χ4v) is 2.43. The molecular formula is C13H18ClN5. The highest BCUT2D eigenvalue weighted by Crippen LogP contribution is 2.21. The van der Waals surface area contributed by atoms with Crippen LogP contribution in [0.25, 0.3) is 0 Å². The third kappa shape index (κ3) is 2.67. The highest BCUT2D eigenvalue weighted by Gasteiger charge is 2.21. The molecule has 0 spiro atoms. The number of nitrogens with zero attached hydrogens (tertiary/aromatic N) is 4. The lowest BCUT2D eigenvalue weighted by Gasteiger charge is -2.08. The van der Waals surface area contributed by atoms with Crippen molar-refractivity contribution in [1.82, 2.24) is 24.9 Å². The molecule has 0 aromatic carbocycles. The second-order valence-electron chi connectivity index (χ2n) is 5.11. The molecule has 102 valence electrons. The van der Waals surface area contributed by atoms with Crippen LogP contribution in [0.1, 0.15) is 29.8 Å². The van der Waals surface area contributed by atoms with Gasteiger partial charge in [0.25, 0.3) is 0 Å². The Balaban J connectivity index is 1.76. The molecule has 0 saturated heterocycles. The smallest absolute Gasteiger partial charge is 0.132 e. The number of halogens is 1. The maximum atomic E-state index is 6.26. The monoisotopic (exact) mass is 279 g/mol. The van der Waals surface area contributed by atoms with Gasteiger partial charge in [-0.05, 0) is 25.8 Å². The summed E-state index contributed by atoms with van der Waals surface area (Å²) >= 11 is 6.26. The average molecular weight is 280 g/mol. The van der Waals surface area contributed by atoms with Gasteiger partial charge in [-0.25, -0.2) is 0 Å². The van der Waals surface area contributed by atoms with Gasteiger partial charge >= 0.3 is 0 Å². The Morgan fingerprint density at radius 3 is 2.89 bits per heavy atom. The Kier molecular flexibility index (Phi) is 3.33. The van der Waals surface area contributed by atoms with Crippen molar-refractivity contribution in [2.24, 2.45) is 7.05 Å². The van der Waals surface area contributed by atoms with Crippen molar-refractivity contribution in [3.8, 4) is 0 Å². The Morgan fingerprint density at radius 2 is 2.26 bits per heavy atom. The minimum absolute atomic E-state index is 0.674. The van der Waals surface area contributed by atoms with Crippen LogP contribution in [0.2, 0.25) is 5.15 Å². The third-order valence-electron chi connectivity index (χ3n) is 3.53. The van der Waals surface area contributed by atoms with Crippen LogP contribution in [0.4, 0.5) is 0 Å². The summed E-state index contributed by atoms with van der Waals surface area (Å²) in [5, 5.41) is 12.9. The molecule has 0 amide bonds. The van der Waals surface area contributed by atoms with Crippen molar-refractivity contribution in [3.05, 3.63) is 34.4 Å². The number of aromatic nitrogens is 4. The molecule has 1 fully saturated rings. The summed E-state index contributed by atoms with van der Waals surface area (Å²) in [4.78, 5) is 0. The first-order valence-corrected chi connectivity index (χ1v) is 6.95. The number of rotatable bonds is 5. The molecule has 0 radical (unpaired) electrons. The fourth-order valence-electron chi connectivity index (χ4n) is 2.19. The first-order chi connectivity index (χ1) is 9.15. The second kappa shape index (κ2) is 4.98. The Bertz CT molecular complexity index is 582. The lowest BCUT2D eigenvalue weighted by Crippen LogP contribution is -2.19. The molecule has 0 atom stereocenters. The van der Waals surface area contributed by atoms with E-state index in [4.69, 9.17) is 11.6 Å². The van der Waals surface area contributed by atoms with E-state index in [9.17, 15) is 0 Å². The van der Waals surface area contributed by atoms with Gasteiger partial charge in [-0.1, -0.05) is 11.6 Å². The molecule has 19 heavy (non-hydrogen) atoms. The van der Waals surface area contributed by atoms with Crippen LogP contribution in [0.15, 0.2) is 12.3 Å². The van der Waals surface area contributed by atoms with E-state index in [1.807, 2.05) is 24.9 Å². The number of nitrogens with one attached hydrogen (secondary N) is 1. The van der Waals surface area contributed by atoms with Gasteiger partial charge in [-0.3, -0.25) is 9.36 Å². The zero-order valence-corrected chi connectivity index (χ0v) is 12.0. The van der Waals surface area contributed by atoms with Crippen LogP contribution in [-0.4, -0.2) is 25.6 Å². The van der Waals surface area contributed by atoms with Gasteiger partial charge in [-0.2, -0.15) is 10.2 Å². The maximum absolute atomic E-state index is 6.26. The number of hydrogen-bond acceptors (Lipinski definition) is 3. The van der Waals surface area contributed by atoms with E-state index in [1.54, 1.807) is 4.68 Å². The lowest BCUT2D eigenvalue weighted by molar-refractivity contribution is 0.592. The Labute approximate surface area is 117 Å². The molecule has 1 N–H and O–H groups in total. The van der Waals surface area contributed by atoms with E-state index in [2.05, 4.69) is 21.6 Å². The van der Waals surface area contributed by atoms with Crippen molar-refractivity contribution in [2.75, 3.05) is 0 Å². The molecule has 1 aliphatic carbocycles. The van der Waals surface area contributed by atoms with Gasteiger partial charge < -0.3 is 5.32 Å². The fraction of sp³-hybridized carbons (Fsp3) is 0.538. The summed E-state index contributed by atoms with van der Waals surface area (Å²) in [7, 11) is 1.86. The largest absolute Gasteiger partial charge is 0.308 e. The van der Waals surface area contributed by atoms with Gasteiger partial charge in [0.05, 0.1) is 17.9 Å². The lowest BCUT2D eigenvalue weighted by atomic mass is 10.2. The molecular weight excluding hydrogens is 262 g/mol. The molecule has 2 aromatic heterocycles. The van der Waals surface area contributed by atoms with Gasteiger partial charge in [0.2, 0.25) is 0 Å². The molecule has 2 heterocycles. The molecule has 2 aromatic rings. The van der Waals surface area contributed by atoms with Crippen LogP contribution in [-0.2, 0) is 20.1 Å². The summed E-state index contributed by atoms with van der Waals surface area (Å²) in [5.74, 6) is 0. The zero-order chi connectivity index (χ0) is 13.4. The van der Waals surface area contributed by atoms with E-state index < -0.39 is 0 Å². The molecule has 0 bridgehead atoms. The van der Waals surface area contributed by atoms with E-state index in [0.717, 1.165) is 17.8 Å². The van der Waals surface area contributed by atoms with Crippen molar-refractivity contribution in [2.45, 2.75) is 38.9 Å². The Morgan fingerprint density at radius 1 is 1.47 bits per heavy atom. The van der Waals surface area contributed by atoms with Crippen LogP contribution < -0.4 is 5.32 Å². The molecule has 5 nitrogen and oxygen atoms in total. The van der Waals surface area contributed by atoms with Gasteiger partial charge in [-0.15, -0.1) is 0 Å². The molecule has 0 aliphatic heterocycles. The van der Waals surface area contributed by atoms with E-state index in [1.165, 1.54) is 18.5 Å². The first-order valence-electron chi connectivity index (χ1n) is 6.57. The van der Waals surface area contributed by atoms with Crippen LogP contribution in [0.5, 0.6) is 0 Å². The zero-order valence-electron chi connectivity index (χ0n) is 11.2. The minimum atomic E-state index is 0.674. The van der Waals surface area contributed by atoms with Crippen LogP contribution in [0, 0.1) is 6.92 Å². The first kappa shape index (κ1) is 12.7. The standard InChI is InChI=1S/C13H18ClN5/c1-9-12(13(14)18(2)17-9)8-19-11(5-6-16-19)7-15-10-3-4-10/h5-6,10,15H,3-4,7-8H2,1-2H3. The van der Waals surface area contributed by atoms with Crippen molar-refractivity contribution in [1.29, 1.82) is 0 Å². The quantitative estimate of drug-likeness (QED) is 0.909. The molecule has 0 unspecified atom stereocenters. The van der Waals surface area contributed by atoms with Gasteiger partial charge in [0, 0.05) is 31.4 Å². The number of aryl methyl sites for hydroxylation is 2. The summed E-state index contributed by atoms with van der Waals surface area (Å²) in [6, 6.07) is 2.75. The van der Waals surface area contributed by atoms with Crippen LogP contribution in [0.3, 0.4) is 0 Å². The van der Waals surface area contributed by atoms with E-state index in [0.29, 0.717) is 17.7 Å².